The third kappa shape index (κ3) is 2.57. The van der Waals surface area contributed by atoms with Gasteiger partial charge in [0.05, 0.1) is 6.10 Å². The van der Waals surface area contributed by atoms with E-state index in [4.69, 9.17) is 11.6 Å². The van der Waals surface area contributed by atoms with E-state index in [1.54, 1.807) is 0 Å². The Kier molecular flexibility index (Phi) is 3.85. The van der Waals surface area contributed by atoms with Crippen LogP contribution in [0.5, 0.6) is 0 Å². The largest absolute Gasteiger partial charge is 0.387 e. The van der Waals surface area contributed by atoms with Crippen molar-refractivity contribution in [3.05, 3.63) is 34.9 Å². The number of aliphatic hydroxyl groups excluding tert-OH is 1. The van der Waals surface area contributed by atoms with Gasteiger partial charge < -0.3 is 10.0 Å². The Morgan fingerprint density at radius 1 is 1.31 bits per heavy atom. The summed E-state index contributed by atoms with van der Waals surface area (Å²) in [7, 11) is 2.09. The summed E-state index contributed by atoms with van der Waals surface area (Å²) < 4.78 is 0. The highest BCUT2D eigenvalue weighted by molar-refractivity contribution is 6.30. The minimum Gasteiger partial charge on any atom is -0.387 e. The van der Waals surface area contributed by atoms with Gasteiger partial charge in [0.1, 0.15) is 0 Å². The molecule has 0 spiro atoms. The maximum absolute atomic E-state index is 10.3. The van der Waals surface area contributed by atoms with Crippen molar-refractivity contribution in [2.45, 2.75) is 31.4 Å². The topological polar surface area (TPSA) is 23.5 Å². The van der Waals surface area contributed by atoms with Crippen LogP contribution < -0.4 is 0 Å². The first-order chi connectivity index (χ1) is 7.68. The summed E-state index contributed by atoms with van der Waals surface area (Å²) in [6.45, 7) is 1.08. The Hall–Kier alpha value is -0.570. The molecule has 2 nitrogen and oxygen atoms in total. The average Bonchev–Trinajstić information content (AvgIpc) is 2.30. The van der Waals surface area contributed by atoms with Crippen LogP contribution in [0.3, 0.4) is 0 Å². The summed E-state index contributed by atoms with van der Waals surface area (Å²) in [6, 6.07) is 7.74. The smallest absolute Gasteiger partial charge is 0.0945 e. The second-order valence-corrected chi connectivity index (χ2v) is 4.98. The van der Waals surface area contributed by atoms with E-state index in [-0.39, 0.29) is 6.04 Å². The van der Waals surface area contributed by atoms with Crippen molar-refractivity contribution >= 4 is 11.6 Å². The van der Waals surface area contributed by atoms with Gasteiger partial charge >= 0.3 is 0 Å². The zero-order chi connectivity index (χ0) is 11.5. The van der Waals surface area contributed by atoms with Gasteiger partial charge in [-0.1, -0.05) is 30.2 Å². The number of nitrogens with zero attached hydrogens (tertiary/aromatic N) is 1. The van der Waals surface area contributed by atoms with E-state index in [0.29, 0.717) is 5.02 Å². The molecule has 1 fully saturated rings. The minimum absolute atomic E-state index is 0.245. The normalized spacial score (nSPS) is 24.3. The molecule has 1 aromatic carbocycles. The first-order valence-electron chi connectivity index (χ1n) is 5.82. The molecular weight excluding hydrogens is 222 g/mol. The maximum atomic E-state index is 10.3. The van der Waals surface area contributed by atoms with E-state index in [1.165, 1.54) is 12.8 Å². The lowest BCUT2D eigenvalue weighted by molar-refractivity contribution is 0.0403. The van der Waals surface area contributed by atoms with Crippen LogP contribution in [0.2, 0.25) is 5.02 Å². The van der Waals surface area contributed by atoms with Gasteiger partial charge in [0.2, 0.25) is 0 Å². The average molecular weight is 240 g/mol. The third-order valence-corrected chi connectivity index (χ3v) is 3.65. The van der Waals surface area contributed by atoms with Crippen molar-refractivity contribution in [2.75, 3.05) is 13.6 Å². The summed E-state index contributed by atoms with van der Waals surface area (Å²) in [5.41, 5.74) is 0.961. The molecule has 0 aliphatic carbocycles. The number of piperidine rings is 1. The summed E-state index contributed by atoms with van der Waals surface area (Å²) in [4.78, 5) is 2.25. The molecule has 0 amide bonds. The highest BCUT2D eigenvalue weighted by Crippen LogP contribution is 2.28. The molecule has 1 N–H and O–H groups in total. The molecule has 1 heterocycles. The first-order valence-corrected chi connectivity index (χ1v) is 6.20. The van der Waals surface area contributed by atoms with E-state index >= 15 is 0 Å². The van der Waals surface area contributed by atoms with E-state index in [2.05, 4.69) is 11.9 Å². The summed E-state index contributed by atoms with van der Waals surface area (Å²) in [6.07, 6.45) is 3.11. The quantitative estimate of drug-likeness (QED) is 0.858. The highest BCUT2D eigenvalue weighted by atomic mass is 35.5. The van der Waals surface area contributed by atoms with Crippen molar-refractivity contribution < 1.29 is 5.11 Å². The van der Waals surface area contributed by atoms with Gasteiger partial charge in [0, 0.05) is 11.1 Å². The lowest BCUT2D eigenvalue weighted by Crippen LogP contribution is -2.40. The molecule has 1 aromatic rings. The lowest BCUT2D eigenvalue weighted by atomic mass is 9.93. The van der Waals surface area contributed by atoms with Crippen molar-refractivity contribution in [1.82, 2.24) is 4.90 Å². The molecule has 0 unspecified atom stereocenters. The molecule has 0 aromatic heterocycles. The van der Waals surface area contributed by atoms with Gasteiger partial charge in [-0.25, -0.2) is 0 Å². The predicted molar refractivity (Wildman–Crippen MR) is 66.7 cm³/mol. The number of benzene rings is 1. The SMILES string of the molecule is CN1CCCC[C@@H]1[C@H](O)c1ccc(Cl)cc1. The number of hydrogen-bond donors (Lipinski definition) is 1. The number of rotatable bonds is 2. The van der Waals surface area contributed by atoms with Crippen molar-refractivity contribution in [2.24, 2.45) is 0 Å². The van der Waals surface area contributed by atoms with Crippen molar-refractivity contribution in [1.29, 1.82) is 0 Å². The number of hydrogen-bond acceptors (Lipinski definition) is 2. The van der Waals surface area contributed by atoms with Gasteiger partial charge in [0.25, 0.3) is 0 Å². The summed E-state index contributed by atoms with van der Waals surface area (Å²) in [5, 5.41) is 11.0. The lowest BCUT2D eigenvalue weighted by Gasteiger charge is -2.35. The number of halogens is 1. The number of aliphatic hydroxyl groups is 1. The van der Waals surface area contributed by atoms with E-state index in [0.717, 1.165) is 18.5 Å². The second kappa shape index (κ2) is 5.17. The van der Waals surface area contributed by atoms with Crippen LogP contribution in [-0.4, -0.2) is 29.6 Å². The predicted octanol–water partition coefficient (Wildman–Crippen LogP) is 2.86. The molecule has 1 saturated heterocycles. The zero-order valence-electron chi connectivity index (χ0n) is 9.56. The van der Waals surface area contributed by atoms with Gasteiger partial charge in [-0.05, 0) is 44.1 Å². The monoisotopic (exact) mass is 239 g/mol. The van der Waals surface area contributed by atoms with Crippen LogP contribution in [0.15, 0.2) is 24.3 Å². The van der Waals surface area contributed by atoms with Crippen LogP contribution in [0, 0.1) is 0 Å². The second-order valence-electron chi connectivity index (χ2n) is 4.54. The van der Waals surface area contributed by atoms with Gasteiger partial charge in [0.15, 0.2) is 0 Å². The zero-order valence-corrected chi connectivity index (χ0v) is 10.3. The molecule has 16 heavy (non-hydrogen) atoms. The summed E-state index contributed by atoms with van der Waals surface area (Å²) in [5.74, 6) is 0. The Morgan fingerprint density at radius 3 is 2.62 bits per heavy atom. The Bertz CT molecular complexity index is 338. The Labute approximate surface area is 102 Å². The standard InChI is InChI=1S/C13H18ClNO/c1-15-9-3-2-4-12(15)13(16)10-5-7-11(14)8-6-10/h5-8,12-13,16H,2-4,9H2,1H3/t12-,13-/m1/s1. The molecule has 2 atom stereocenters. The highest BCUT2D eigenvalue weighted by Gasteiger charge is 2.26. The van der Waals surface area contributed by atoms with E-state index < -0.39 is 6.10 Å². The molecule has 1 aliphatic rings. The number of likely N-dealkylation sites (N-methyl/N-ethyl adjacent to an activating group) is 1. The molecule has 88 valence electrons. The first kappa shape index (κ1) is 11.9. The fourth-order valence-corrected chi connectivity index (χ4v) is 2.51. The fraction of sp³-hybridized carbons (Fsp3) is 0.538. The van der Waals surface area contributed by atoms with Crippen LogP contribution >= 0.6 is 11.6 Å². The molecule has 0 saturated carbocycles. The van der Waals surface area contributed by atoms with Crippen molar-refractivity contribution in [3.8, 4) is 0 Å². The van der Waals surface area contributed by atoms with Gasteiger partial charge in [-0.2, -0.15) is 0 Å². The molecule has 2 rings (SSSR count). The van der Waals surface area contributed by atoms with Gasteiger partial charge in [-0.3, -0.25) is 0 Å². The molecule has 0 radical (unpaired) electrons. The van der Waals surface area contributed by atoms with E-state index in [9.17, 15) is 5.11 Å². The van der Waals surface area contributed by atoms with Crippen LogP contribution in [0.1, 0.15) is 30.9 Å². The van der Waals surface area contributed by atoms with Crippen molar-refractivity contribution in [3.63, 3.8) is 0 Å². The van der Waals surface area contributed by atoms with Gasteiger partial charge in [-0.15, -0.1) is 0 Å². The van der Waals surface area contributed by atoms with Crippen LogP contribution in [-0.2, 0) is 0 Å². The molecular formula is C13H18ClNO. The third-order valence-electron chi connectivity index (χ3n) is 3.40. The fourth-order valence-electron chi connectivity index (χ4n) is 2.38. The number of likely N-dealkylation sites (tertiary alicyclic amines) is 1. The van der Waals surface area contributed by atoms with Crippen LogP contribution in [0.4, 0.5) is 0 Å². The van der Waals surface area contributed by atoms with Crippen LogP contribution in [0.25, 0.3) is 0 Å². The Morgan fingerprint density at radius 2 is 2.00 bits per heavy atom. The molecule has 3 heteroatoms. The summed E-state index contributed by atoms with van der Waals surface area (Å²) >= 11 is 5.84. The minimum atomic E-state index is -0.400. The molecule has 0 bridgehead atoms. The van der Waals surface area contributed by atoms with E-state index in [1.807, 2.05) is 24.3 Å². The molecule has 1 aliphatic heterocycles. The Balaban J connectivity index is 2.11. The maximum Gasteiger partial charge on any atom is 0.0945 e.